The summed E-state index contributed by atoms with van der Waals surface area (Å²) in [4.78, 5) is 8.46. The van der Waals surface area contributed by atoms with Crippen LogP contribution in [0, 0.1) is 12.7 Å². The molecule has 0 saturated carbocycles. The van der Waals surface area contributed by atoms with E-state index in [4.69, 9.17) is 4.74 Å². The zero-order valence-corrected chi connectivity index (χ0v) is 13.1. The van der Waals surface area contributed by atoms with E-state index in [1.165, 1.54) is 0 Å². The number of rotatable bonds is 4. The Kier molecular flexibility index (Phi) is 4.54. The summed E-state index contributed by atoms with van der Waals surface area (Å²) in [7, 11) is 1.59. The second-order valence-corrected chi connectivity index (χ2v) is 5.03. The van der Waals surface area contributed by atoms with Gasteiger partial charge in [0.05, 0.1) is 12.8 Å². The van der Waals surface area contributed by atoms with Crippen LogP contribution in [0.25, 0.3) is 11.4 Å². The van der Waals surface area contributed by atoms with Crippen LogP contribution in [0.3, 0.4) is 0 Å². The van der Waals surface area contributed by atoms with E-state index in [2.05, 4.69) is 31.2 Å². The van der Waals surface area contributed by atoms with Crippen LogP contribution in [0.2, 0.25) is 0 Å². The molecule has 1 aromatic heterocycles. The Morgan fingerprint density at radius 2 is 2.10 bits per heavy atom. The highest BCUT2D eigenvalue weighted by Gasteiger charge is 2.14. The molecule has 0 bridgehead atoms. The predicted molar refractivity (Wildman–Crippen MR) is 80.6 cm³/mol. The molecule has 1 aromatic carbocycles. The Hall–Kier alpha value is -1.69. The second-order valence-electron chi connectivity index (χ2n) is 4.17. The maximum absolute atomic E-state index is 13.9. The van der Waals surface area contributed by atoms with Gasteiger partial charge in [-0.3, -0.25) is 0 Å². The van der Waals surface area contributed by atoms with E-state index in [-0.39, 0.29) is 5.82 Å². The number of anilines is 1. The molecule has 0 radical (unpaired) electrons. The number of nitrogens with one attached hydrogen (secondary N) is 1. The van der Waals surface area contributed by atoms with E-state index in [0.717, 1.165) is 10.0 Å². The molecular formula is C14H15BrFN3O. The molecule has 0 aliphatic carbocycles. The maximum atomic E-state index is 13.9. The van der Waals surface area contributed by atoms with Gasteiger partial charge >= 0.3 is 0 Å². The van der Waals surface area contributed by atoms with E-state index in [0.29, 0.717) is 23.8 Å². The number of halogens is 2. The van der Waals surface area contributed by atoms with Gasteiger partial charge in [-0.2, -0.15) is 0 Å². The van der Waals surface area contributed by atoms with Crippen LogP contribution in [0.15, 0.2) is 22.7 Å². The molecule has 0 unspecified atom stereocenters. The number of methoxy groups -OCH3 is 1. The largest absolute Gasteiger partial charge is 0.497 e. The summed E-state index contributed by atoms with van der Waals surface area (Å²) in [6, 6.07) is 5.49. The monoisotopic (exact) mass is 339 g/mol. The normalized spacial score (nSPS) is 10.4. The van der Waals surface area contributed by atoms with Crippen LogP contribution < -0.4 is 10.1 Å². The van der Waals surface area contributed by atoms with Crippen molar-refractivity contribution in [3.8, 4) is 17.1 Å². The van der Waals surface area contributed by atoms with Gasteiger partial charge in [-0.1, -0.05) is 15.9 Å². The molecule has 4 nitrogen and oxygen atoms in total. The van der Waals surface area contributed by atoms with Crippen molar-refractivity contribution >= 4 is 21.7 Å². The van der Waals surface area contributed by atoms with Gasteiger partial charge in [0.1, 0.15) is 5.75 Å². The van der Waals surface area contributed by atoms with E-state index in [1.807, 2.05) is 25.1 Å². The minimum Gasteiger partial charge on any atom is -0.497 e. The summed E-state index contributed by atoms with van der Waals surface area (Å²) >= 11 is 3.45. The summed E-state index contributed by atoms with van der Waals surface area (Å²) in [6.07, 6.45) is 0. The van der Waals surface area contributed by atoms with Crippen LogP contribution in [0.4, 0.5) is 10.2 Å². The van der Waals surface area contributed by atoms with Crippen LogP contribution in [0.1, 0.15) is 12.6 Å². The number of ether oxygens (including phenoxy) is 1. The second kappa shape index (κ2) is 6.17. The smallest absolute Gasteiger partial charge is 0.186 e. The quantitative estimate of drug-likeness (QED) is 0.920. The van der Waals surface area contributed by atoms with Crippen molar-refractivity contribution in [2.75, 3.05) is 19.0 Å². The van der Waals surface area contributed by atoms with Crippen molar-refractivity contribution < 1.29 is 9.13 Å². The van der Waals surface area contributed by atoms with Gasteiger partial charge in [0.25, 0.3) is 0 Å². The first-order valence-electron chi connectivity index (χ1n) is 6.18. The Labute approximate surface area is 125 Å². The van der Waals surface area contributed by atoms with Gasteiger partial charge in [0.2, 0.25) is 0 Å². The minimum atomic E-state index is -0.422. The van der Waals surface area contributed by atoms with Crippen LogP contribution in [-0.2, 0) is 0 Å². The molecule has 2 aromatic rings. The highest BCUT2D eigenvalue weighted by atomic mass is 79.9. The molecule has 0 amide bonds. The molecule has 106 valence electrons. The Balaban J connectivity index is 2.57. The molecule has 0 aliphatic rings. The standard InChI is InChI=1S/C14H15BrFN3O/c1-4-17-14-12(16)8(2)18-13(19-14)10-7-9(20-3)5-6-11(10)15/h5-7H,4H2,1-3H3,(H,17,18,19). The number of nitrogens with zero attached hydrogens (tertiary/aromatic N) is 2. The van der Waals surface area contributed by atoms with Crippen molar-refractivity contribution in [2.45, 2.75) is 13.8 Å². The summed E-state index contributed by atoms with van der Waals surface area (Å²) in [5.41, 5.74) is 1.06. The molecule has 20 heavy (non-hydrogen) atoms. The molecule has 0 fully saturated rings. The topological polar surface area (TPSA) is 47.0 Å². The predicted octanol–water partition coefficient (Wildman–Crippen LogP) is 3.79. The molecule has 1 heterocycles. The molecule has 0 atom stereocenters. The number of aromatic nitrogens is 2. The molecule has 2 rings (SSSR count). The molecule has 1 N–H and O–H groups in total. The maximum Gasteiger partial charge on any atom is 0.186 e. The summed E-state index contributed by atoms with van der Waals surface area (Å²) in [5, 5.41) is 2.90. The lowest BCUT2D eigenvalue weighted by atomic mass is 10.2. The SMILES string of the molecule is CCNc1nc(-c2cc(OC)ccc2Br)nc(C)c1F. The first kappa shape index (κ1) is 14.7. The molecule has 0 spiro atoms. The third kappa shape index (κ3) is 2.90. The average Bonchev–Trinajstić information content (AvgIpc) is 2.44. The van der Waals surface area contributed by atoms with E-state index < -0.39 is 5.82 Å². The summed E-state index contributed by atoms with van der Waals surface area (Å²) in [6.45, 7) is 4.10. The molecule has 0 aliphatic heterocycles. The summed E-state index contributed by atoms with van der Waals surface area (Å²) < 4.78 is 19.9. The Bertz CT molecular complexity index is 634. The Morgan fingerprint density at radius 3 is 2.75 bits per heavy atom. The van der Waals surface area contributed by atoms with Gasteiger partial charge < -0.3 is 10.1 Å². The van der Waals surface area contributed by atoms with Gasteiger partial charge in [0, 0.05) is 16.6 Å². The first-order valence-corrected chi connectivity index (χ1v) is 6.98. The number of benzene rings is 1. The lowest BCUT2D eigenvalue weighted by Crippen LogP contribution is -2.07. The van der Waals surface area contributed by atoms with Crippen LogP contribution in [-0.4, -0.2) is 23.6 Å². The van der Waals surface area contributed by atoms with Crippen LogP contribution in [0.5, 0.6) is 5.75 Å². The van der Waals surface area contributed by atoms with Gasteiger partial charge in [0.15, 0.2) is 17.5 Å². The van der Waals surface area contributed by atoms with Crippen molar-refractivity contribution in [1.82, 2.24) is 9.97 Å². The zero-order valence-electron chi connectivity index (χ0n) is 11.5. The third-order valence-electron chi connectivity index (χ3n) is 2.78. The average molecular weight is 340 g/mol. The van der Waals surface area contributed by atoms with E-state index in [1.54, 1.807) is 14.0 Å². The lowest BCUT2D eigenvalue weighted by molar-refractivity contribution is 0.415. The van der Waals surface area contributed by atoms with Crippen molar-refractivity contribution in [1.29, 1.82) is 0 Å². The van der Waals surface area contributed by atoms with Crippen molar-refractivity contribution in [2.24, 2.45) is 0 Å². The molecule has 0 saturated heterocycles. The van der Waals surface area contributed by atoms with Crippen molar-refractivity contribution in [3.63, 3.8) is 0 Å². The molecule has 6 heteroatoms. The number of hydrogen-bond donors (Lipinski definition) is 1. The highest BCUT2D eigenvalue weighted by Crippen LogP contribution is 2.31. The highest BCUT2D eigenvalue weighted by molar-refractivity contribution is 9.10. The Morgan fingerprint density at radius 1 is 1.35 bits per heavy atom. The minimum absolute atomic E-state index is 0.213. The fraction of sp³-hybridized carbons (Fsp3) is 0.286. The van der Waals surface area contributed by atoms with Gasteiger partial charge in [-0.05, 0) is 32.0 Å². The third-order valence-corrected chi connectivity index (χ3v) is 3.47. The first-order chi connectivity index (χ1) is 9.56. The van der Waals surface area contributed by atoms with Gasteiger partial charge in [-0.25, -0.2) is 14.4 Å². The van der Waals surface area contributed by atoms with Crippen LogP contribution >= 0.6 is 15.9 Å². The van der Waals surface area contributed by atoms with E-state index >= 15 is 0 Å². The number of aryl methyl sites for hydroxylation is 1. The fourth-order valence-corrected chi connectivity index (χ4v) is 2.19. The number of hydrogen-bond acceptors (Lipinski definition) is 4. The van der Waals surface area contributed by atoms with Crippen molar-refractivity contribution in [3.05, 3.63) is 34.2 Å². The summed E-state index contributed by atoms with van der Waals surface area (Å²) in [5.74, 6) is 0.934. The molecular weight excluding hydrogens is 325 g/mol. The fourth-order valence-electron chi connectivity index (χ4n) is 1.77. The van der Waals surface area contributed by atoms with Gasteiger partial charge in [-0.15, -0.1) is 0 Å². The van der Waals surface area contributed by atoms with E-state index in [9.17, 15) is 4.39 Å². The lowest BCUT2D eigenvalue weighted by Gasteiger charge is -2.11. The zero-order chi connectivity index (χ0) is 14.7.